The van der Waals surface area contributed by atoms with E-state index in [1.165, 1.54) is 18.6 Å². The monoisotopic (exact) mass is 395 g/mol. The second-order valence-electron chi connectivity index (χ2n) is 5.60. The van der Waals surface area contributed by atoms with Crippen LogP contribution in [0.5, 0.6) is 0 Å². The van der Waals surface area contributed by atoms with Gasteiger partial charge in [-0.2, -0.15) is 4.98 Å². The fourth-order valence-corrected chi connectivity index (χ4v) is 2.72. The minimum atomic E-state index is -1.31. The number of aromatic amines is 2. The number of fused-ring (bicyclic) bond motifs is 1. The van der Waals surface area contributed by atoms with Crippen molar-refractivity contribution in [2.24, 2.45) is 0 Å². The van der Waals surface area contributed by atoms with Crippen LogP contribution in [0.4, 0.5) is 5.82 Å². The number of nitrogens with zero attached hydrogens (tertiary/aromatic N) is 4. The maximum absolute atomic E-state index is 11.5. The number of aliphatic hydroxyl groups is 3. The molecule has 1 saturated heterocycles. The third-order valence-corrected chi connectivity index (χ3v) is 4.19. The largest absolute Gasteiger partial charge is 0.394 e. The fraction of sp³-hybridized carbons (Fsp3) is 0.357. The number of rotatable bonds is 2. The summed E-state index contributed by atoms with van der Waals surface area (Å²) >= 11 is 4.91. The maximum Gasteiger partial charge on any atom is 0.351 e. The van der Waals surface area contributed by atoms with E-state index in [2.05, 4.69) is 24.9 Å². The van der Waals surface area contributed by atoms with Crippen LogP contribution < -0.4 is 11.4 Å². The van der Waals surface area contributed by atoms with Gasteiger partial charge in [0.05, 0.1) is 19.3 Å². The van der Waals surface area contributed by atoms with Crippen molar-refractivity contribution < 1.29 is 20.1 Å². The van der Waals surface area contributed by atoms with Gasteiger partial charge in [-0.15, -0.1) is 0 Å². The van der Waals surface area contributed by atoms with Crippen LogP contribution >= 0.6 is 12.2 Å². The van der Waals surface area contributed by atoms with Gasteiger partial charge in [-0.05, 0) is 6.07 Å². The Labute approximate surface area is 156 Å². The molecule has 3 aromatic heterocycles. The van der Waals surface area contributed by atoms with Crippen LogP contribution in [0, 0.1) is 4.64 Å². The van der Waals surface area contributed by atoms with Crippen molar-refractivity contribution in [3.05, 3.63) is 40.0 Å². The van der Waals surface area contributed by atoms with Crippen molar-refractivity contribution in [1.29, 1.82) is 0 Å². The normalized spacial score (nSPS) is 24.6. The predicted molar refractivity (Wildman–Crippen MR) is 95.0 cm³/mol. The first-order chi connectivity index (χ1) is 12.9. The van der Waals surface area contributed by atoms with E-state index >= 15 is 0 Å². The molecule has 0 saturated carbocycles. The molecule has 0 spiro atoms. The van der Waals surface area contributed by atoms with Gasteiger partial charge in [0.1, 0.15) is 29.6 Å². The molecule has 4 rings (SSSR count). The summed E-state index contributed by atoms with van der Waals surface area (Å²) in [5.41, 5.74) is 6.17. The average Bonchev–Trinajstić information content (AvgIpc) is 3.23. The van der Waals surface area contributed by atoms with Crippen LogP contribution in [0.15, 0.2) is 29.7 Å². The molecule has 1 fully saturated rings. The zero-order valence-electron chi connectivity index (χ0n) is 13.8. The van der Waals surface area contributed by atoms with Crippen molar-refractivity contribution in [3.8, 4) is 0 Å². The first-order valence-electron chi connectivity index (χ1n) is 7.76. The van der Waals surface area contributed by atoms with E-state index in [0.717, 1.165) is 15.7 Å². The van der Waals surface area contributed by atoms with Gasteiger partial charge in [0.25, 0.3) is 0 Å². The molecule has 7 N–H and O–H groups in total. The number of H-pyrrole nitrogens is 2. The van der Waals surface area contributed by atoms with Crippen molar-refractivity contribution in [2.45, 2.75) is 24.5 Å². The number of ether oxygens (including phenoxy) is 1. The SMILES string of the molecule is Nc1ccn([C@@H]2O[C@H](CO)[C@@H](O)[C@@H]2O)c(=O)n1.S=c1nc[nH]c2nc[nH]c12. The Morgan fingerprint density at radius 1 is 1.26 bits per heavy atom. The lowest BCUT2D eigenvalue weighted by Gasteiger charge is -2.16. The summed E-state index contributed by atoms with van der Waals surface area (Å²) in [4.78, 5) is 28.5. The van der Waals surface area contributed by atoms with E-state index in [9.17, 15) is 15.0 Å². The zero-order chi connectivity index (χ0) is 19.6. The molecule has 4 heterocycles. The molecular formula is C14H17N7O5S. The number of hydrogen-bond acceptors (Lipinski definition) is 10. The summed E-state index contributed by atoms with van der Waals surface area (Å²) in [5, 5.41) is 28.2. The van der Waals surface area contributed by atoms with Crippen LogP contribution in [0.25, 0.3) is 11.2 Å². The molecule has 0 aliphatic carbocycles. The highest BCUT2D eigenvalue weighted by Gasteiger charge is 2.43. The van der Waals surface area contributed by atoms with Gasteiger partial charge in [-0.25, -0.2) is 14.8 Å². The summed E-state index contributed by atoms with van der Waals surface area (Å²) in [6.07, 6.45) is -0.151. The van der Waals surface area contributed by atoms with Crippen LogP contribution in [0.2, 0.25) is 0 Å². The Morgan fingerprint density at radius 2 is 2.00 bits per heavy atom. The number of imidazole rings is 1. The van der Waals surface area contributed by atoms with Crippen molar-refractivity contribution in [3.63, 3.8) is 0 Å². The van der Waals surface area contributed by atoms with E-state index in [1.54, 1.807) is 6.33 Å². The molecule has 13 heteroatoms. The van der Waals surface area contributed by atoms with Gasteiger partial charge < -0.3 is 35.8 Å². The number of nitrogens with two attached hydrogens (primary N) is 1. The molecule has 3 aromatic rings. The standard InChI is InChI=1S/C9H13N3O5.C5H4N4S/c10-5-1-2-12(9(16)11-5)8-7(15)6(14)4(3-13)17-8;10-5-3-4(7-1-6-3)8-2-9-5/h1-2,4,6-8,13-15H,3H2,(H2,10,11,16);1-2H,(H2,6,7,8,9,10)/t4-,6-,7+,8-;/m1./s1. The molecule has 0 amide bonds. The molecular weight excluding hydrogens is 378 g/mol. The number of nitrogens with one attached hydrogen (secondary N) is 2. The highest BCUT2D eigenvalue weighted by Crippen LogP contribution is 2.27. The van der Waals surface area contributed by atoms with Crippen LogP contribution in [0.3, 0.4) is 0 Å². The number of hydrogen-bond donors (Lipinski definition) is 6. The Bertz CT molecular complexity index is 1030. The first-order valence-corrected chi connectivity index (χ1v) is 8.17. The molecule has 144 valence electrons. The van der Waals surface area contributed by atoms with Gasteiger partial charge in [0.15, 0.2) is 16.5 Å². The Kier molecular flexibility index (Phi) is 5.57. The summed E-state index contributed by atoms with van der Waals surface area (Å²) < 4.78 is 6.74. The Morgan fingerprint density at radius 3 is 2.63 bits per heavy atom. The predicted octanol–water partition coefficient (Wildman–Crippen LogP) is -1.55. The van der Waals surface area contributed by atoms with E-state index in [0.29, 0.717) is 4.64 Å². The van der Waals surface area contributed by atoms with Gasteiger partial charge in [0.2, 0.25) is 0 Å². The lowest BCUT2D eigenvalue weighted by atomic mass is 10.1. The Balaban J connectivity index is 0.000000177. The molecule has 0 bridgehead atoms. The smallest absolute Gasteiger partial charge is 0.351 e. The molecule has 4 atom stereocenters. The molecule has 27 heavy (non-hydrogen) atoms. The fourth-order valence-electron chi connectivity index (χ4n) is 2.51. The first kappa shape index (κ1) is 19.1. The van der Waals surface area contributed by atoms with Gasteiger partial charge in [-0.3, -0.25) is 4.57 Å². The maximum atomic E-state index is 11.5. The molecule has 0 unspecified atom stereocenters. The summed E-state index contributed by atoms with van der Waals surface area (Å²) in [6.45, 7) is -0.453. The van der Waals surface area contributed by atoms with E-state index in [1.807, 2.05) is 0 Å². The van der Waals surface area contributed by atoms with Crippen molar-refractivity contribution >= 4 is 29.2 Å². The zero-order valence-corrected chi connectivity index (χ0v) is 14.6. The van der Waals surface area contributed by atoms with Crippen LogP contribution in [-0.4, -0.2) is 69.7 Å². The third-order valence-electron chi connectivity index (χ3n) is 3.88. The lowest BCUT2D eigenvalue weighted by Crippen LogP contribution is -2.36. The van der Waals surface area contributed by atoms with E-state index < -0.39 is 36.8 Å². The highest BCUT2D eigenvalue weighted by molar-refractivity contribution is 7.71. The number of nitrogen functional groups attached to an aromatic ring is 1. The topological polar surface area (TPSA) is 188 Å². The number of aliphatic hydroxyl groups excluding tert-OH is 3. The van der Waals surface area contributed by atoms with Crippen molar-refractivity contribution in [1.82, 2.24) is 29.5 Å². The van der Waals surface area contributed by atoms with Gasteiger partial charge >= 0.3 is 5.69 Å². The highest BCUT2D eigenvalue weighted by atomic mass is 32.1. The minimum absolute atomic E-state index is 0.0537. The summed E-state index contributed by atoms with van der Waals surface area (Å²) in [5.74, 6) is 0.0537. The molecule has 1 aliphatic heterocycles. The second-order valence-corrected chi connectivity index (χ2v) is 5.99. The quantitative estimate of drug-likeness (QED) is 0.277. The van der Waals surface area contributed by atoms with Gasteiger partial charge in [0, 0.05) is 6.20 Å². The lowest BCUT2D eigenvalue weighted by molar-refractivity contribution is -0.0549. The third kappa shape index (κ3) is 3.86. The molecule has 12 nitrogen and oxygen atoms in total. The minimum Gasteiger partial charge on any atom is -0.394 e. The van der Waals surface area contributed by atoms with Crippen LogP contribution in [0.1, 0.15) is 6.23 Å². The molecule has 0 aromatic carbocycles. The average molecular weight is 395 g/mol. The van der Waals surface area contributed by atoms with Crippen molar-refractivity contribution in [2.75, 3.05) is 12.3 Å². The number of anilines is 1. The Hall–Kier alpha value is -2.71. The summed E-state index contributed by atoms with van der Waals surface area (Å²) in [6, 6.07) is 1.37. The van der Waals surface area contributed by atoms with Gasteiger partial charge in [-0.1, -0.05) is 12.2 Å². The molecule has 0 radical (unpaired) electrons. The summed E-state index contributed by atoms with van der Waals surface area (Å²) in [7, 11) is 0. The molecule has 1 aliphatic rings. The second kappa shape index (κ2) is 7.89. The van der Waals surface area contributed by atoms with E-state index in [4.69, 9.17) is 27.8 Å². The van der Waals surface area contributed by atoms with E-state index in [-0.39, 0.29) is 5.82 Å². The number of aromatic nitrogens is 6. The van der Waals surface area contributed by atoms with Crippen LogP contribution in [-0.2, 0) is 4.74 Å².